The van der Waals surface area contributed by atoms with E-state index in [1.54, 1.807) is 6.92 Å². The molecule has 0 saturated heterocycles. The van der Waals surface area contributed by atoms with Crippen molar-refractivity contribution >= 4 is 22.4 Å². The summed E-state index contributed by atoms with van der Waals surface area (Å²) in [5, 5.41) is 18.8. The van der Waals surface area contributed by atoms with Crippen LogP contribution in [0.3, 0.4) is 0 Å². The summed E-state index contributed by atoms with van der Waals surface area (Å²) in [6.45, 7) is 1.64. The number of halogens is 3. The number of nitrogens with zero attached hydrogens (tertiary/aromatic N) is 1. The summed E-state index contributed by atoms with van der Waals surface area (Å²) in [6, 6.07) is 18.3. The van der Waals surface area contributed by atoms with Crippen LogP contribution in [0.5, 0.6) is 0 Å². The molecule has 1 atom stereocenters. The van der Waals surface area contributed by atoms with E-state index in [9.17, 15) is 27.9 Å². The number of benzene rings is 3. The highest BCUT2D eigenvalue weighted by Gasteiger charge is 2.52. The molecule has 39 heavy (non-hydrogen) atoms. The number of carbonyl (C=O) groups excluding carboxylic acids is 1. The maximum Gasteiger partial charge on any atom is 0.416 e. The molecule has 4 aromatic rings. The quantitative estimate of drug-likeness (QED) is 0.338. The number of aryl methyl sites for hydroxylation is 1. The van der Waals surface area contributed by atoms with Crippen LogP contribution in [0.2, 0.25) is 0 Å². The van der Waals surface area contributed by atoms with Gasteiger partial charge in [-0.05, 0) is 67.1 Å². The Morgan fingerprint density at radius 3 is 2.49 bits per heavy atom. The maximum absolute atomic E-state index is 13.6. The molecule has 198 valence electrons. The van der Waals surface area contributed by atoms with Gasteiger partial charge in [0.25, 0.3) is 5.91 Å². The molecule has 1 amide bonds. The van der Waals surface area contributed by atoms with E-state index in [1.165, 1.54) is 30.3 Å². The average molecular weight is 533 g/mol. The molecule has 1 aliphatic carbocycles. The molecule has 1 aliphatic rings. The van der Waals surface area contributed by atoms with Crippen LogP contribution in [0.25, 0.3) is 10.8 Å². The Morgan fingerprint density at radius 2 is 1.79 bits per heavy atom. The topological polar surface area (TPSA) is 92.4 Å². The molecule has 0 aliphatic heterocycles. The third-order valence-corrected chi connectivity index (χ3v) is 6.97. The second-order valence-corrected chi connectivity index (χ2v) is 9.78. The number of fused-ring (bicyclic) bond motifs is 1. The summed E-state index contributed by atoms with van der Waals surface area (Å²) in [4.78, 5) is 25.5. The Balaban J connectivity index is 1.52. The molecule has 5 rings (SSSR count). The molecule has 1 saturated carbocycles. The first-order valence-corrected chi connectivity index (χ1v) is 12.2. The second-order valence-electron chi connectivity index (χ2n) is 9.78. The summed E-state index contributed by atoms with van der Waals surface area (Å²) in [5.74, 6) is 4.34. The monoisotopic (exact) mass is 532 g/mol. The molecule has 3 aromatic carbocycles. The molecule has 1 fully saturated rings. The second kappa shape index (κ2) is 9.71. The van der Waals surface area contributed by atoms with Crippen molar-refractivity contribution < 1.29 is 27.6 Å². The van der Waals surface area contributed by atoms with Gasteiger partial charge in [-0.2, -0.15) is 13.2 Å². The van der Waals surface area contributed by atoms with Crippen LogP contribution in [0.15, 0.2) is 82.1 Å². The van der Waals surface area contributed by atoms with E-state index in [-0.39, 0.29) is 23.1 Å². The van der Waals surface area contributed by atoms with Gasteiger partial charge in [-0.25, -0.2) is 4.79 Å². The van der Waals surface area contributed by atoms with Gasteiger partial charge >= 0.3 is 11.8 Å². The smallest absolute Gasteiger partial charge is 0.369 e. The molecule has 0 spiro atoms. The molecular formula is C30H23F3N2O4. The van der Waals surface area contributed by atoms with Crippen molar-refractivity contribution in [3.8, 4) is 11.8 Å². The first kappa shape index (κ1) is 26.2. The molecule has 9 heteroatoms. The number of hydrogen-bond acceptors (Lipinski definition) is 5. The summed E-state index contributed by atoms with van der Waals surface area (Å²) < 4.78 is 44.3. The highest BCUT2D eigenvalue weighted by molar-refractivity contribution is 6.01. The lowest BCUT2D eigenvalue weighted by molar-refractivity contribution is -0.137. The molecular weight excluding hydrogens is 509 g/mol. The van der Waals surface area contributed by atoms with E-state index in [0.29, 0.717) is 23.9 Å². The van der Waals surface area contributed by atoms with Crippen molar-refractivity contribution in [2.45, 2.75) is 43.4 Å². The number of aromatic nitrogens is 1. The minimum Gasteiger partial charge on any atom is -0.369 e. The Labute approximate surface area is 221 Å². The van der Waals surface area contributed by atoms with E-state index in [4.69, 9.17) is 4.52 Å². The van der Waals surface area contributed by atoms with Gasteiger partial charge in [-0.1, -0.05) is 53.4 Å². The van der Waals surface area contributed by atoms with Crippen molar-refractivity contribution in [1.82, 2.24) is 5.16 Å². The van der Waals surface area contributed by atoms with E-state index >= 15 is 0 Å². The number of nitrogens with one attached hydrogen (secondary N) is 1. The Bertz CT molecular complexity index is 1680. The first-order valence-electron chi connectivity index (χ1n) is 12.2. The molecule has 0 radical (unpaired) electrons. The fourth-order valence-corrected chi connectivity index (χ4v) is 4.67. The Morgan fingerprint density at radius 1 is 1.05 bits per heavy atom. The van der Waals surface area contributed by atoms with Crippen molar-refractivity contribution in [1.29, 1.82) is 0 Å². The normalized spacial score (nSPS) is 15.6. The van der Waals surface area contributed by atoms with Crippen LogP contribution in [0.4, 0.5) is 18.9 Å². The van der Waals surface area contributed by atoms with E-state index < -0.39 is 34.3 Å². The molecule has 1 aromatic heterocycles. The Hall–Kier alpha value is -4.42. The van der Waals surface area contributed by atoms with Gasteiger partial charge in [0.1, 0.15) is 0 Å². The van der Waals surface area contributed by atoms with Crippen LogP contribution in [0.1, 0.15) is 41.6 Å². The largest absolute Gasteiger partial charge is 0.416 e. The van der Waals surface area contributed by atoms with Gasteiger partial charge in [0, 0.05) is 23.1 Å². The lowest BCUT2D eigenvalue weighted by atomic mass is 9.82. The van der Waals surface area contributed by atoms with Crippen LogP contribution < -0.4 is 10.9 Å². The predicted molar refractivity (Wildman–Crippen MR) is 139 cm³/mol. The van der Waals surface area contributed by atoms with Crippen molar-refractivity contribution in [3.63, 3.8) is 0 Å². The van der Waals surface area contributed by atoms with Gasteiger partial charge < -0.3 is 14.9 Å². The van der Waals surface area contributed by atoms with Crippen LogP contribution >= 0.6 is 0 Å². The fourth-order valence-electron chi connectivity index (χ4n) is 4.67. The maximum atomic E-state index is 13.6. The van der Waals surface area contributed by atoms with Crippen LogP contribution in [-0.4, -0.2) is 21.8 Å². The summed E-state index contributed by atoms with van der Waals surface area (Å²) in [5.41, 5.74) is -2.58. The summed E-state index contributed by atoms with van der Waals surface area (Å²) >= 11 is 0. The predicted octanol–water partition coefficient (Wildman–Crippen LogP) is 5.36. The zero-order valence-electron chi connectivity index (χ0n) is 20.8. The number of alkyl halides is 3. The lowest BCUT2D eigenvalue weighted by Crippen LogP contribution is -2.44. The lowest BCUT2D eigenvalue weighted by Gasteiger charge is -2.27. The number of aliphatic hydroxyl groups is 1. The van der Waals surface area contributed by atoms with E-state index in [0.717, 1.165) is 17.7 Å². The van der Waals surface area contributed by atoms with E-state index in [2.05, 4.69) is 22.3 Å². The summed E-state index contributed by atoms with van der Waals surface area (Å²) in [7, 11) is 0. The number of carbonyl (C=O) groups is 1. The van der Waals surface area contributed by atoms with Gasteiger partial charge in [-0.3, -0.25) is 4.79 Å². The zero-order valence-corrected chi connectivity index (χ0v) is 20.8. The highest BCUT2D eigenvalue weighted by Crippen LogP contribution is 2.53. The van der Waals surface area contributed by atoms with Crippen LogP contribution in [-0.2, 0) is 16.4 Å². The fraction of sp³-hybridized carbons (Fsp3) is 0.233. The molecule has 1 heterocycles. The average Bonchev–Trinajstić information content (AvgIpc) is 3.70. The van der Waals surface area contributed by atoms with Gasteiger partial charge in [-0.15, -0.1) is 0 Å². The molecule has 1 unspecified atom stereocenters. The minimum atomic E-state index is -4.56. The first-order chi connectivity index (χ1) is 18.5. The van der Waals surface area contributed by atoms with Crippen molar-refractivity contribution in [2.24, 2.45) is 0 Å². The number of rotatable bonds is 5. The zero-order chi connectivity index (χ0) is 27.8. The third-order valence-electron chi connectivity index (χ3n) is 6.97. The SMILES string of the molecule is Cc1noc(=O)c2ccc(NC(=O)C(O)(C#Cc3cccc(C(F)(F)F)c3)CC3(c4ccccc4)CC3)cc12. The Kier molecular flexibility index (Phi) is 6.52. The van der Waals surface area contributed by atoms with Crippen molar-refractivity contribution in [2.75, 3.05) is 5.32 Å². The van der Waals surface area contributed by atoms with Gasteiger partial charge in [0.05, 0.1) is 16.6 Å². The number of hydrogen-bond donors (Lipinski definition) is 2. The van der Waals surface area contributed by atoms with Crippen LogP contribution in [0, 0.1) is 18.8 Å². The van der Waals surface area contributed by atoms with Gasteiger partial charge in [0.2, 0.25) is 5.60 Å². The van der Waals surface area contributed by atoms with Crippen molar-refractivity contribution in [3.05, 3.63) is 106 Å². The minimum absolute atomic E-state index is 0.0136. The van der Waals surface area contributed by atoms with Gasteiger partial charge in [0.15, 0.2) is 0 Å². The molecule has 6 nitrogen and oxygen atoms in total. The number of amides is 1. The highest BCUT2D eigenvalue weighted by atomic mass is 19.4. The van der Waals surface area contributed by atoms with E-state index in [1.807, 2.05) is 30.3 Å². The standard InChI is InChI=1S/C30H23F3N2O4/c1-19-25-17-23(10-11-24(25)26(36)39-35-19)34-27(37)29(38,18-28(14-15-28)21-7-3-2-4-8-21)13-12-20-6-5-9-22(16-20)30(31,32)33/h2-11,16-17,38H,14-15,18H2,1H3,(H,34,37). The summed E-state index contributed by atoms with van der Waals surface area (Å²) in [6.07, 6.45) is -3.18. The number of anilines is 1. The third kappa shape index (κ3) is 5.42. The molecule has 2 N–H and O–H groups in total. The molecule has 0 bridgehead atoms.